The Hall–Kier alpha value is -2.20. The molecule has 0 aliphatic carbocycles. The molecule has 0 fully saturated rings. The molecule has 0 amide bonds. The van der Waals surface area contributed by atoms with Gasteiger partial charge in [0.15, 0.2) is 0 Å². The first kappa shape index (κ1) is 14.2. The van der Waals surface area contributed by atoms with Gasteiger partial charge in [0.05, 0.1) is 6.04 Å². The molecule has 106 valence electrons. The molecule has 0 saturated heterocycles. The third-order valence-corrected chi connectivity index (χ3v) is 3.22. The van der Waals surface area contributed by atoms with E-state index in [1.54, 1.807) is 6.07 Å². The van der Waals surface area contributed by atoms with Crippen LogP contribution in [0.25, 0.3) is 0 Å². The minimum atomic E-state index is -0.134. The molecule has 0 bridgehead atoms. The van der Waals surface area contributed by atoms with E-state index in [2.05, 4.69) is 5.32 Å². The Kier molecular flexibility index (Phi) is 4.48. The lowest BCUT2D eigenvalue weighted by molar-refractivity contribution is 0.299. The van der Waals surface area contributed by atoms with Crippen molar-refractivity contribution in [1.29, 1.82) is 0 Å². The van der Waals surface area contributed by atoms with Gasteiger partial charge in [-0.25, -0.2) is 0 Å². The van der Waals surface area contributed by atoms with Crippen molar-refractivity contribution >= 4 is 5.69 Å². The third-order valence-electron chi connectivity index (χ3n) is 3.22. The highest BCUT2D eigenvalue weighted by atomic mass is 16.3. The lowest BCUT2D eigenvalue weighted by Gasteiger charge is -2.17. The number of phenolic OH excluding ortho intramolecular Hbond substituents is 2. The zero-order valence-electron chi connectivity index (χ0n) is 11.4. The number of benzene rings is 2. The largest absolute Gasteiger partial charge is 0.508 e. The molecule has 1 atom stereocenters. The Balaban J connectivity index is 2.10. The van der Waals surface area contributed by atoms with Crippen LogP contribution in [-0.2, 0) is 6.42 Å². The maximum atomic E-state index is 9.82. The van der Waals surface area contributed by atoms with E-state index in [0.29, 0.717) is 12.0 Å². The van der Waals surface area contributed by atoms with Crippen molar-refractivity contribution in [3.8, 4) is 11.5 Å². The van der Waals surface area contributed by atoms with E-state index in [-0.39, 0.29) is 24.1 Å². The van der Waals surface area contributed by atoms with Gasteiger partial charge in [0.1, 0.15) is 11.5 Å². The second-order valence-electron chi connectivity index (χ2n) is 4.78. The Labute approximate surface area is 118 Å². The first-order valence-corrected chi connectivity index (χ1v) is 6.58. The Morgan fingerprint density at radius 2 is 1.75 bits per heavy atom. The molecule has 4 heteroatoms. The number of aromatic hydroxyl groups is 2. The van der Waals surface area contributed by atoms with E-state index >= 15 is 0 Å². The van der Waals surface area contributed by atoms with Crippen LogP contribution in [0.4, 0.5) is 5.69 Å². The number of rotatable bonds is 5. The van der Waals surface area contributed by atoms with Crippen molar-refractivity contribution in [2.45, 2.75) is 19.4 Å². The smallest absolute Gasteiger partial charge is 0.121 e. The van der Waals surface area contributed by atoms with E-state index < -0.39 is 0 Å². The van der Waals surface area contributed by atoms with Gasteiger partial charge >= 0.3 is 0 Å². The molecule has 0 radical (unpaired) electrons. The fourth-order valence-electron chi connectivity index (χ4n) is 2.11. The zero-order chi connectivity index (χ0) is 14.5. The molecule has 20 heavy (non-hydrogen) atoms. The van der Waals surface area contributed by atoms with E-state index in [9.17, 15) is 10.2 Å². The average Bonchev–Trinajstić information content (AvgIpc) is 2.44. The summed E-state index contributed by atoms with van der Waals surface area (Å²) in [6, 6.07) is 12.1. The molecular weight excluding hydrogens is 254 g/mol. The van der Waals surface area contributed by atoms with Crippen LogP contribution in [0.15, 0.2) is 42.5 Å². The fraction of sp³-hybridized carbons (Fsp3) is 0.250. The van der Waals surface area contributed by atoms with Crippen LogP contribution >= 0.6 is 0 Å². The van der Waals surface area contributed by atoms with Crippen LogP contribution in [0, 0.1) is 0 Å². The maximum Gasteiger partial charge on any atom is 0.121 e. The number of anilines is 1. The SMILES string of the molecule is CC(Nc1ccc(CCO)cc1)c1cc(O)ccc1O. The molecule has 2 rings (SSSR count). The lowest BCUT2D eigenvalue weighted by Crippen LogP contribution is -2.06. The summed E-state index contributed by atoms with van der Waals surface area (Å²) in [5.41, 5.74) is 2.64. The monoisotopic (exact) mass is 273 g/mol. The quantitative estimate of drug-likeness (QED) is 0.632. The van der Waals surface area contributed by atoms with Gasteiger partial charge in [-0.3, -0.25) is 0 Å². The molecule has 2 aromatic carbocycles. The number of nitrogens with one attached hydrogen (secondary N) is 1. The minimum absolute atomic E-state index is 0.129. The molecule has 0 aliphatic heterocycles. The second-order valence-corrected chi connectivity index (χ2v) is 4.78. The predicted octanol–water partition coefficient (Wildman–Crippen LogP) is 2.81. The standard InChI is InChI=1S/C16H19NO3/c1-11(15-10-14(19)6-7-16(15)20)17-13-4-2-12(3-5-13)8-9-18/h2-7,10-11,17-20H,8-9H2,1H3. The molecule has 0 saturated carbocycles. The summed E-state index contributed by atoms with van der Waals surface area (Å²) in [7, 11) is 0. The van der Waals surface area contributed by atoms with E-state index in [0.717, 1.165) is 11.3 Å². The molecule has 0 heterocycles. The number of aliphatic hydroxyl groups excluding tert-OH is 1. The zero-order valence-corrected chi connectivity index (χ0v) is 11.4. The number of aliphatic hydroxyl groups is 1. The second kappa shape index (κ2) is 6.30. The summed E-state index contributed by atoms with van der Waals surface area (Å²) in [6.45, 7) is 2.05. The maximum absolute atomic E-state index is 9.82. The molecule has 4 nitrogen and oxygen atoms in total. The normalized spacial score (nSPS) is 12.1. The first-order chi connectivity index (χ1) is 9.60. The molecule has 0 spiro atoms. The highest BCUT2D eigenvalue weighted by Crippen LogP contribution is 2.30. The van der Waals surface area contributed by atoms with E-state index in [1.165, 1.54) is 12.1 Å². The Morgan fingerprint density at radius 1 is 1.05 bits per heavy atom. The molecule has 2 aromatic rings. The molecule has 0 aliphatic rings. The predicted molar refractivity (Wildman–Crippen MR) is 79.0 cm³/mol. The van der Waals surface area contributed by atoms with Gasteiger partial charge in [0.25, 0.3) is 0 Å². The fourth-order valence-corrected chi connectivity index (χ4v) is 2.11. The van der Waals surface area contributed by atoms with Gasteiger partial charge in [-0.05, 0) is 49.2 Å². The van der Waals surface area contributed by atoms with Gasteiger partial charge < -0.3 is 20.6 Å². The molecule has 4 N–H and O–H groups in total. The topological polar surface area (TPSA) is 72.7 Å². The van der Waals surface area contributed by atoms with Gasteiger partial charge in [-0.2, -0.15) is 0 Å². The van der Waals surface area contributed by atoms with Gasteiger partial charge in [-0.15, -0.1) is 0 Å². The van der Waals surface area contributed by atoms with Gasteiger partial charge in [0.2, 0.25) is 0 Å². The summed E-state index contributed by atoms with van der Waals surface area (Å²) in [6.07, 6.45) is 0.642. The van der Waals surface area contributed by atoms with Crippen LogP contribution in [0.1, 0.15) is 24.1 Å². The minimum Gasteiger partial charge on any atom is -0.508 e. The van der Waals surface area contributed by atoms with Crippen molar-refractivity contribution in [1.82, 2.24) is 0 Å². The van der Waals surface area contributed by atoms with Crippen molar-refractivity contribution in [3.63, 3.8) is 0 Å². The first-order valence-electron chi connectivity index (χ1n) is 6.58. The summed E-state index contributed by atoms with van der Waals surface area (Å²) in [5.74, 6) is 0.282. The third kappa shape index (κ3) is 3.42. The highest BCUT2D eigenvalue weighted by molar-refractivity contribution is 5.49. The van der Waals surface area contributed by atoms with Crippen molar-refractivity contribution < 1.29 is 15.3 Å². The Bertz CT molecular complexity index is 566. The number of hydrogen-bond acceptors (Lipinski definition) is 4. The summed E-state index contributed by atoms with van der Waals surface area (Å²) >= 11 is 0. The average molecular weight is 273 g/mol. The molecule has 0 aromatic heterocycles. The number of phenols is 2. The highest BCUT2D eigenvalue weighted by Gasteiger charge is 2.11. The van der Waals surface area contributed by atoms with Crippen LogP contribution in [-0.4, -0.2) is 21.9 Å². The molecule has 1 unspecified atom stereocenters. The van der Waals surface area contributed by atoms with Gasteiger partial charge in [-0.1, -0.05) is 12.1 Å². The van der Waals surface area contributed by atoms with E-state index in [4.69, 9.17) is 5.11 Å². The van der Waals surface area contributed by atoms with Crippen molar-refractivity contribution in [3.05, 3.63) is 53.6 Å². The van der Waals surface area contributed by atoms with Gasteiger partial charge in [0, 0.05) is 17.9 Å². The van der Waals surface area contributed by atoms with Crippen LogP contribution in [0.5, 0.6) is 11.5 Å². The van der Waals surface area contributed by atoms with Crippen LogP contribution in [0.2, 0.25) is 0 Å². The van der Waals surface area contributed by atoms with Crippen molar-refractivity contribution in [2.24, 2.45) is 0 Å². The summed E-state index contributed by atoms with van der Waals surface area (Å²) in [4.78, 5) is 0. The van der Waals surface area contributed by atoms with E-state index in [1.807, 2.05) is 31.2 Å². The lowest BCUT2D eigenvalue weighted by atomic mass is 10.1. The number of hydrogen-bond donors (Lipinski definition) is 4. The molecular formula is C16H19NO3. The van der Waals surface area contributed by atoms with Crippen LogP contribution < -0.4 is 5.32 Å². The Morgan fingerprint density at radius 3 is 2.40 bits per heavy atom. The van der Waals surface area contributed by atoms with Crippen molar-refractivity contribution in [2.75, 3.05) is 11.9 Å². The van der Waals surface area contributed by atoms with Crippen LogP contribution in [0.3, 0.4) is 0 Å². The summed E-state index contributed by atoms with van der Waals surface area (Å²) < 4.78 is 0. The summed E-state index contributed by atoms with van der Waals surface area (Å²) in [5, 5.41) is 31.4.